The van der Waals surface area contributed by atoms with E-state index in [1.807, 2.05) is 30.3 Å². The molecule has 5 heteroatoms. The van der Waals surface area contributed by atoms with Gasteiger partial charge in [0.1, 0.15) is 11.4 Å². The Labute approximate surface area is 123 Å². The van der Waals surface area contributed by atoms with Gasteiger partial charge in [0, 0.05) is 17.7 Å². The third-order valence-electron chi connectivity index (χ3n) is 3.72. The van der Waals surface area contributed by atoms with Gasteiger partial charge in [0.15, 0.2) is 0 Å². The maximum atomic E-state index is 12.3. The highest BCUT2D eigenvalue weighted by Crippen LogP contribution is 2.31. The molecule has 3 rings (SSSR count). The number of aromatic nitrogens is 2. The normalized spacial score (nSPS) is 17.2. The summed E-state index contributed by atoms with van der Waals surface area (Å²) in [7, 11) is 0. The molecule has 0 unspecified atom stereocenters. The Hall–Kier alpha value is -2.30. The lowest BCUT2D eigenvalue weighted by Crippen LogP contribution is -2.32. The molecule has 1 aliphatic heterocycles. The highest BCUT2D eigenvalue weighted by Gasteiger charge is 2.24. The second kappa shape index (κ2) is 5.60. The SMILES string of the molecule is CC(C)c1cc(C(=O)N[C@@H]2CCOc3ccccc32)n[nH]1. The number of nitrogens with one attached hydrogen (secondary N) is 2. The summed E-state index contributed by atoms with van der Waals surface area (Å²) in [5, 5.41) is 10.0. The van der Waals surface area contributed by atoms with E-state index >= 15 is 0 Å². The Morgan fingerprint density at radius 3 is 3.00 bits per heavy atom. The molecule has 1 aromatic carbocycles. The number of H-pyrrole nitrogens is 1. The molecule has 0 saturated heterocycles. The zero-order valence-electron chi connectivity index (χ0n) is 12.2. The van der Waals surface area contributed by atoms with Crippen LogP contribution in [0.2, 0.25) is 0 Å². The van der Waals surface area contributed by atoms with Crippen LogP contribution in [-0.2, 0) is 0 Å². The number of aromatic amines is 1. The maximum absolute atomic E-state index is 12.3. The van der Waals surface area contributed by atoms with Crippen molar-refractivity contribution in [1.29, 1.82) is 0 Å². The van der Waals surface area contributed by atoms with Gasteiger partial charge in [-0.3, -0.25) is 9.89 Å². The van der Waals surface area contributed by atoms with Crippen LogP contribution in [0.25, 0.3) is 0 Å². The summed E-state index contributed by atoms with van der Waals surface area (Å²) < 4.78 is 5.60. The van der Waals surface area contributed by atoms with Gasteiger partial charge in [-0.25, -0.2) is 0 Å². The quantitative estimate of drug-likeness (QED) is 0.911. The number of nitrogens with zero attached hydrogens (tertiary/aromatic N) is 1. The molecule has 0 saturated carbocycles. The molecule has 0 fully saturated rings. The Morgan fingerprint density at radius 1 is 1.43 bits per heavy atom. The monoisotopic (exact) mass is 285 g/mol. The van der Waals surface area contributed by atoms with Gasteiger partial charge in [-0.2, -0.15) is 5.10 Å². The van der Waals surface area contributed by atoms with Gasteiger partial charge in [-0.1, -0.05) is 32.0 Å². The van der Waals surface area contributed by atoms with Gasteiger partial charge >= 0.3 is 0 Å². The Balaban J connectivity index is 1.76. The standard InChI is InChI=1S/C16H19N3O2/c1-10(2)13-9-14(19-18-13)16(20)17-12-7-8-21-15-6-4-3-5-11(12)15/h3-6,9-10,12H,7-8H2,1-2H3,(H,17,20)(H,18,19)/t12-/m1/s1. The first-order valence-electron chi connectivity index (χ1n) is 7.23. The summed E-state index contributed by atoms with van der Waals surface area (Å²) in [5.41, 5.74) is 2.42. The molecule has 2 N–H and O–H groups in total. The Bertz CT molecular complexity index is 648. The van der Waals surface area contributed by atoms with Crippen molar-refractivity contribution in [3.05, 3.63) is 47.3 Å². The van der Waals surface area contributed by atoms with E-state index < -0.39 is 0 Å². The van der Waals surface area contributed by atoms with Crippen molar-refractivity contribution in [2.75, 3.05) is 6.61 Å². The largest absolute Gasteiger partial charge is 0.493 e. The van der Waals surface area contributed by atoms with Crippen molar-refractivity contribution in [2.45, 2.75) is 32.2 Å². The zero-order valence-corrected chi connectivity index (χ0v) is 12.2. The van der Waals surface area contributed by atoms with Crippen LogP contribution in [0.5, 0.6) is 5.75 Å². The van der Waals surface area contributed by atoms with Crippen LogP contribution in [0, 0.1) is 0 Å². The minimum Gasteiger partial charge on any atom is -0.493 e. The van der Waals surface area contributed by atoms with E-state index in [-0.39, 0.29) is 11.9 Å². The molecular formula is C16H19N3O2. The zero-order chi connectivity index (χ0) is 14.8. The second-order valence-corrected chi connectivity index (χ2v) is 5.56. The maximum Gasteiger partial charge on any atom is 0.272 e. The third-order valence-corrected chi connectivity index (χ3v) is 3.72. The van der Waals surface area contributed by atoms with Crippen LogP contribution >= 0.6 is 0 Å². The fourth-order valence-electron chi connectivity index (χ4n) is 2.47. The molecule has 21 heavy (non-hydrogen) atoms. The Morgan fingerprint density at radius 2 is 2.24 bits per heavy atom. The molecule has 0 radical (unpaired) electrons. The van der Waals surface area contributed by atoms with Crippen molar-refractivity contribution < 1.29 is 9.53 Å². The number of rotatable bonds is 3. The lowest BCUT2D eigenvalue weighted by molar-refractivity contribution is 0.0919. The minimum atomic E-state index is -0.153. The van der Waals surface area contributed by atoms with Crippen LogP contribution in [0.4, 0.5) is 0 Å². The highest BCUT2D eigenvalue weighted by atomic mass is 16.5. The molecule has 110 valence electrons. The van der Waals surface area contributed by atoms with E-state index in [2.05, 4.69) is 29.4 Å². The summed E-state index contributed by atoms with van der Waals surface area (Å²) >= 11 is 0. The molecule has 1 aromatic heterocycles. The fraction of sp³-hybridized carbons (Fsp3) is 0.375. The number of benzene rings is 1. The van der Waals surface area contributed by atoms with Gasteiger partial charge in [0.2, 0.25) is 0 Å². The van der Waals surface area contributed by atoms with Crippen molar-refractivity contribution in [3.8, 4) is 5.75 Å². The van der Waals surface area contributed by atoms with Crippen LogP contribution in [-0.4, -0.2) is 22.7 Å². The van der Waals surface area contributed by atoms with Gasteiger partial charge in [-0.05, 0) is 18.1 Å². The van der Waals surface area contributed by atoms with Gasteiger partial charge in [-0.15, -0.1) is 0 Å². The van der Waals surface area contributed by atoms with Crippen LogP contribution < -0.4 is 10.1 Å². The molecule has 5 nitrogen and oxygen atoms in total. The third kappa shape index (κ3) is 2.77. The fourth-order valence-corrected chi connectivity index (χ4v) is 2.47. The highest BCUT2D eigenvalue weighted by molar-refractivity contribution is 5.92. The lowest BCUT2D eigenvalue weighted by atomic mass is 10.0. The minimum absolute atomic E-state index is 0.0263. The molecule has 1 atom stereocenters. The number of amides is 1. The lowest BCUT2D eigenvalue weighted by Gasteiger charge is -2.26. The van der Waals surface area contributed by atoms with Crippen molar-refractivity contribution in [3.63, 3.8) is 0 Å². The number of fused-ring (bicyclic) bond motifs is 1. The van der Waals surface area contributed by atoms with E-state index in [4.69, 9.17) is 4.74 Å². The van der Waals surface area contributed by atoms with E-state index in [0.29, 0.717) is 18.2 Å². The van der Waals surface area contributed by atoms with Crippen molar-refractivity contribution >= 4 is 5.91 Å². The molecule has 0 bridgehead atoms. The summed E-state index contributed by atoms with van der Waals surface area (Å²) in [6, 6.07) is 9.60. The molecule has 1 aliphatic rings. The average Bonchev–Trinajstić information content (AvgIpc) is 2.98. The molecule has 0 aliphatic carbocycles. The van der Waals surface area contributed by atoms with Crippen LogP contribution in [0.3, 0.4) is 0 Å². The molecule has 0 spiro atoms. The smallest absolute Gasteiger partial charge is 0.272 e. The van der Waals surface area contributed by atoms with E-state index in [1.165, 1.54) is 0 Å². The first-order chi connectivity index (χ1) is 10.1. The first-order valence-corrected chi connectivity index (χ1v) is 7.23. The van der Waals surface area contributed by atoms with Crippen molar-refractivity contribution in [2.24, 2.45) is 0 Å². The number of carbonyl (C=O) groups is 1. The van der Waals surface area contributed by atoms with E-state index in [1.54, 1.807) is 0 Å². The van der Waals surface area contributed by atoms with E-state index in [0.717, 1.165) is 23.4 Å². The van der Waals surface area contributed by atoms with Crippen LogP contribution in [0.1, 0.15) is 54.0 Å². The van der Waals surface area contributed by atoms with Gasteiger partial charge in [0.05, 0.1) is 12.6 Å². The predicted octanol–water partition coefficient (Wildman–Crippen LogP) is 2.79. The molecule has 2 aromatic rings. The first kappa shape index (κ1) is 13.7. The molecule has 1 amide bonds. The Kier molecular flexibility index (Phi) is 3.64. The average molecular weight is 285 g/mol. The topological polar surface area (TPSA) is 67.0 Å². The molecular weight excluding hydrogens is 266 g/mol. The van der Waals surface area contributed by atoms with Gasteiger partial charge < -0.3 is 10.1 Å². The number of carbonyl (C=O) groups excluding carboxylic acids is 1. The van der Waals surface area contributed by atoms with Gasteiger partial charge in [0.25, 0.3) is 5.91 Å². The summed E-state index contributed by atoms with van der Waals surface area (Å²) in [6.45, 7) is 4.73. The van der Waals surface area contributed by atoms with Crippen molar-refractivity contribution in [1.82, 2.24) is 15.5 Å². The summed E-state index contributed by atoms with van der Waals surface area (Å²) in [5.74, 6) is 1.02. The predicted molar refractivity (Wildman–Crippen MR) is 79.4 cm³/mol. The molecule has 2 heterocycles. The summed E-state index contributed by atoms with van der Waals surface area (Å²) in [6.07, 6.45) is 0.768. The summed E-state index contributed by atoms with van der Waals surface area (Å²) in [4.78, 5) is 12.3. The number of hydrogen-bond donors (Lipinski definition) is 2. The van der Waals surface area contributed by atoms with Crippen LogP contribution in [0.15, 0.2) is 30.3 Å². The number of ether oxygens (including phenoxy) is 1. The number of para-hydroxylation sites is 1. The second-order valence-electron chi connectivity index (χ2n) is 5.56. The van der Waals surface area contributed by atoms with E-state index in [9.17, 15) is 4.79 Å². The number of hydrogen-bond acceptors (Lipinski definition) is 3.